The molecule has 0 atom stereocenters. The SMILES string of the molecule is Cc1cccc(-c2ccc(-n3c4ccccc4c4cc(-c5ccc(Cc6ccc(C7=CC=C=C=C7)cc6)cc5)ccc43)cc2)c1. The summed E-state index contributed by atoms with van der Waals surface area (Å²) < 4.78 is 2.39. The van der Waals surface area contributed by atoms with Crippen molar-refractivity contribution in [1.29, 1.82) is 0 Å². The second kappa shape index (κ2) is 11.3. The van der Waals surface area contributed by atoms with E-state index >= 15 is 0 Å². The highest BCUT2D eigenvalue weighted by molar-refractivity contribution is 6.10. The molecule has 0 radical (unpaired) electrons. The Labute approximate surface area is 264 Å². The van der Waals surface area contributed by atoms with E-state index in [2.05, 4.69) is 169 Å². The Morgan fingerprint density at radius 2 is 1.16 bits per heavy atom. The van der Waals surface area contributed by atoms with Crippen molar-refractivity contribution in [2.75, 3.05) is 0 Å². The summed E-state index contributed by atoms with van der Waals surface area (Å²) in [5, 5.41) is 2.53. The van der Waals surface area contributed by atoms with Crippen LogP contribution in [0.15, 0.2) is 169 Å². The first-order chi connectivity index (χ1) is 22.2. The molecule has 1 aromatic heterocycles. The molecule has 7 aromatic rings. The van der Waals surface area contributed by atoms with Gasteiger partial charge in [0.2, 0.25) is 0 Å². The minimum atomic E-state index is 0.907. The Morgan fingerprint density at radius 1 is 0.511 bits per heavy atom. The minimum absolute atomic E-state index is 0.907. The molecule has 0 saturated carbocycles. The van der Waals surface area contributed by atoms with Crippen molar-refractivity contribution in [3.05, 3.63) is 191 Å². The third-order valence-electron chi connectivity index (χ3n) is 8.79. The number of benzene rings is 6. The van der Waals surface area contributed by atoms with Crippen LogP contribution in [-0.2, 0) is 6.42 Å². The van der Waals surface area contributed by atoms with Gasteiger partial charge in [-0.3, -0.25) is 0 Å². The fraction of sp³-hybridized carbons (Fsp3) is 0.0455. The lowest BCUT2D eigenvalue weighted by Gasteiger charge is -2.10. The number of rotatable bonds is 6. The van der Waals surface area contributed by atoms with Gasteiger partial charge in [0.05, 0.1) is 11.0 Å². The second-order valence-corrected chi connectivity index (χ2v) is 11.8. The van der Waals surface area contributed by atoms with E-state index in [0.29, 0.717) is 0 Å². The van der Waals surface area contributed by atoms with Crippen molar-refractivity contribution in [3.63, 3.8) is 0 Å². The molecule has 1 heterocycles. The van der Waals surface area contributed by atoms with Crippen LogP contribution in [0.5, 0.6) is 0 Å². The zero-order valence-corrected chi connectivity index (χ0v) is 25.2. The summed E-state index contributed by atoms with van der Waals surface area (Å²) in [4.78, 5) is 0. The van der Waals surface area contributed by atoms with Crippen LogP contribution in [0, 0.1) is 6.92 Å². The molecule has 1 aliphatic rings. The second-order valence-electron chi connectivity index (χ2n) is 11.8. The molecule has 1 nitrogen and oxygen atoms in total. The zero-order valence-electron chi connectivity index (χ0n) is 25.2. The molecule has 1 aliphatic carbocycles. The van der Waals surface area contributed by atoms with Gasteiger partial charge >= 0.3 is 0 Å². The lowest BCUT2D eigenvalue weighted by molar-refractivity contribution is 1.18. The molecule has 8 rings (SSSR count). The number of aromatic nitrogens is 1. The van der Waals surface area contributed by atoms with Gasteiger partial charge < -0.3 is 4.57 Å². The highest BCUT2D eigenvalue weighted by atomic mass is 15.0. The standard InChI is InChI=1S/C44H31N/c1-31-8-7-11-38(28-31)37-22-25-40(26-23-37)45-43-13-6-5-12-41(43)42-30-39(24-27-44(42)45)36-20-16-33(17-21-36)29-32-14-18-35(19-15-32)34-9-3-2-4-10-34/h3,5-28,30H,29H2,1H3. The molecule has 6 aromatic carbocycles. The normalized spacial score (nSPS) is 12.2. The van der Waals surface area contributed by atoms with E-state index in [0.717, 1.165) is 6.42 Å². The Morgan fingerprint density at radius 3 is 1.87 bits per heavy atom. The molecule has 0 unspecified atom stereocenters. The van der Waals surface area contributed by atoms with Crippen LogP contribution < -0.4 is 0 Å². The number of fused-ring (bicyclic) bond motifs is 3. The summed E-state index contributed by atoms with van der Waals surface area (Å²) in [6, 6.07) is 51.1. The first kappa shape index (κ1) is 26.8. The van der Waals surface area contributed by atoms with Crippen molar-refractivity contribution in [1.82, 2.24) is 4.57 Å². The number of hydrogen-bond donors (Lipinski definition) is 0. The topological polar surface area (TPSA) is 4.93 Å². The van der Waals surface area contributed by atoms with Crippen LogP contribution in [0.25, 0.3) is 55.3 Å². The van der Waals surface area contributed by atoms with Crippen LogP contribution in [0.3, 0.4) is 0 Å². The molecule has 0 amide bonds. The summed E-state index contributed by atoms with van der Waals surface area (Å²) in [7, 11) is 0. The van der Waals surface area contributed by atoms with E-state index in [9.17, 15) is 0 Å². The first-order valence-electron chi connectivity index (χ1n) is 15.5. The average Bonchev–Trinajstić information content (AvgIpc) is 3.43. The van der Waals surface area contributed by atoms with Gasteiger partial charge in [-0.15, -0.1) is 0 Å². The Balaban J connectivity index is 1.08. The van der Waals surface area contributed by atoms with E-state index in [4.69, 9.17) is 0 Å². The fourth-order valence-electron chi connectivity index (χ4n) is 6.45. The van der Waals surface area contributed by atoms with Crippen LogP contribution in [0.1, 0.15) is 22.3 Å². The van der Waals surface area contributed by atoms with Crippen LogP contribution in [0.4, 0.5) is 0 Å². The van der Waals surface area contributed by atoms with Gasteiger partial charge in [-0.1, -0.05) is 126 Å². The monoisotopic (exact) mass is 573 g/mol. The summed E-state index contributed by atoms with van der Waals surface area (Å²) in [5.41, 5.74) is 20.8. The highest BCUT2D eigenvalue weighted by Crippen LogP contribution is 2.35. The van der Waals surface area contributed by atoms with E-state index in [1.165, 1.54) is 77.6 Å². The molecule has 0 N–H and O–H groups in total. The molecule has 0 aliphatic heterocycles. The van der Waals surface area contributed by atoms with Gasteiger partial charge in [0.15, 0.2) is 0 Å². The molecule has 0 fully saturated rings. The van der Waals surface area contributed by atoms with E-state index in [-0.39, 0.29) is 0 Å². The summed E-state index contributed by atoms with van der Waals surface area (Å²) in [6.07, 6.45) is 6.87. The average molecular weight is 574 g/mol. The lowest BCUT2D eigenvalue weighted by atomic mass is 9.97. The summed E-state index contributed by atoms with van der Waals surface area (Å²) in [6.45, 7) is 2.14. The van der Waals surface area contributed by atoms with Gasteiger partial charge in [-0.25, -0.2) is 0 Å². The Hall–Kier alpha value is -5.84. The first-order valence-corrected chi connectivity index (χ1v) is 15.5. The van der Waals surface area contributed by atoms with Crippen LogP contribution >= 0.6 is 0 Å². The number of allylic oxidation sites excluding steroid dienone is 4. The van der Waals surface area contributed by atoms with Crippen molar-refractivity contribution < 1.29 is 0 Å². The van der Waals surface area contributed by atoms with Crippen LogP contribution in [0.2, 0.25) is 0 Å². The molecule has 0 bridgehead atoms. The van der Waals surface area contributed by atoms with Gasteiger partial charge in [0, 0.05) is 16.5 Å². The predicted octanol–water partition coefficient (Wildman–Crippen LogP) is 11.3. The maximum Gasteiger partial charge on any atom is 0.0541 e. The van der Waals surface area contributed by atoms with E-state index < -0.39 is 0 Å². The Bertz CT molecular complexity index is 2330. The van der Waals surface area contributed by atoms with Gasteiger partial charge in [0.1, 0.15) is 0 Å². The quantitative estimate of drug-likeness (QED) is 0.174. The zero-order chi connectivity index (χ0) is 30.2. The maximum absolute atomic E-state index is 3.04. The number of para-hydroxylation sites is 1. The molecular formula is C44H31N. The van der Waals surface area contributed by atoms with Gasteiger partial charge in [-0.2, -0.15) is 0 Å². The fourth-order valence-corrected chi connectivity index (χ4v) is 6.45. The molecule has 0 saturated heterocycles. The van der Waals surface area contributed by atoms with Crippen molar-refractivity contribution in [2.45, 2.75) is 13.3 Å². The van der Waals surface area contributed by atoms with Crippen molar-refractivity contribution >= 4 is 27.4 Å². The lowest BCUT2D eigenvalue weighted by Crippen LogP contribution is -1.93. The number of nitrogens with zero attached hydrogens (tertiary/aromatic N) is 1. The van der Waals surface area contributed by atoms with E-state index in [1.54, 1.807) is 0 Å². The van der Waals surface area contributed by atoms with E-state index in [1.807, 2.05) is 12.2 Å². The third kappa shape index (κ3) is 5.18. The minimum Gasteiger partial charge on any atom is -0.309 e. The summed E-state index contributed by atoms with van der Waals surface area (Å²) in [5.74, 6) is 0. The van der Waals surface area contributed by atoms with Crippen molar-refractivity contribution in [3.8, 4) is 27.9 Å². The Kier molecular flexibility index (Phi) is 6.75. The predicted molar refractivity (Wildman–Crippen MR) is 190 cm³/mol. The molecule has 0 spiro atoms. The van der Waals surface area contributed by atoms with Gasteiger partial charge in [0.25, 0.3) is 0 Å². The number of aryl methyl sites for hydroxylation is 1. The maximum atomic E-state index is 3.04. The molecule has 212 valence electrons. The van der Waals surface area contributed by atoms with Gasteiger partial charge in [-0.05, 0) is 106 Å². The largest absolute Gasteiger partial charge is 0.309 e. The van der Waals surface area contributed by atoms with Crippen molar-refractivity contribution in [2.24, 2.45) is 0 Å². The molecule has 45 heavy (non-hydrogen) atoms. The highest BCUT2D eigenvalue weighted by Gasteiger charge is 2.13. The third-order valence-corrected chi connectivity index (χ3v) is 8.79. The molecule has 1 heteroatoms. The number of hydrogen-bond acceptors (Lipinski definition) is 0. The molecular weight excluding hydrogens is 542 g/mol. The smallest absolute Gasteiger partial charge is 0.0541 e. The summed E-state index contributed by atoms with van der Waals surface area (Å²) >= 11 is 0. The van der Waals surface area contributed by atoms with Crippen LogP contribution in [-0.4, -0.2) is 4.57 Å².